The summed E-state index contributed by atoms with van der Waals surface area (Å²) in [5.41, 5.74) is 0. The van der Waals surface area contributed by atoms with Crippen LogP contribution >= 0.6 is 0 Å². The Labute approximate surface area is 153 Å². The minimum Gasteiger partial charge on any atom is -0.466 e. The van der Waals surface area contributed by atoms with E-state index < -0.39 is 0 Å². The van der Waals surface area contributed by atoms with Crippen molar-refractivity contribution >= 4 is 11.9 Å². The van der Waals surface area contributed by atoms with Crippen LogP contribution in [0.5, 0.6) is 0 Å². The molecule has 2 aliphatic rings. The predicted molar refractivity (Wildman–Crippen MR) is 102 cm³/mol. The van der Waals surface area contributed by atoms with Crippen LogP contribution in [0.4, 0.5) is 0 Å². The van der Waals surface area contributed by atoms with Gasteiger partial charge in [0.25, 0.3) is 0 Å². The smallest absolute Gasteiger partial charge is 0.309 e. The van der Waals surface area contributed by atoms with E-state index in [9.17, 15) is 4.79 Å². The highest BCUT2D eigenvalue weighted by Gasteiger charge is 2.27. The normalized spacial score (nSPS) is 21.0. The fraction of sp³-hybridized carbons (Fsp3) is 0.895. The van der Waals surface area contributed by atoms with Crippen LogP contribution in [0.2, 0.25) is 0 Å². The number of piperidine rings is 1. The van der Waals surface area contributed by atoms with Crippen molar-refractivity contribution in [3.63, 3.8) is 0 Å². The van der Waals surface area contributed by atoms with E-state index in [-0.39, 0.29) is 11.9 Å². The zero-order chi connectivity index (χ0) is 17.9. The van der Waals surface area contributed by atoms with E-state index in [0.29, 0.717) is 6.61 Å². The number of likely N-dealkylation sites (tertiary alicyclic amines) is 2. The summed E-state index contributed by atoms with van der Waals surface area (Å²) in [6.45, 7) is 11.4. The molecule has 0 aromatic heterocycles. The van der Waals surface area contributed by atoms with Gasteiger partial charge in [-0.05, 0) is 52.6 Å². The number of aliphatic imine (C=N–C) groups is 1. The molecule has 0 spiro atoms. The van der Waals surface area contributed by atoms with E-state index in [1.165, 1.54) is 38.8 Å². The maximum Gasteiger partial charge on any atom is 0.309 e. The second kappa shape index (κ2) is 11.3. The lowest BCUT2D eigenvalue weighted by Gasteiger charge is -2.33. The molecular formula is C19H36N4O2. The van der Waals surface area contributed by atoms with Gasteiger partial charge in [-0.25, -0.2) is 0 Å². The number of guanidine groups is 1. The predicted octanol–water partition coefficient (Wildman–Crippen LogP) is 2.10. The second-order valence-corrected chi connectivity index (χ2v) is 7.00. The van der Waals surface area contributed by atoms with Crippen molar-refractivity contribution < 1.29 is 9.53 Å². The van der Waals surface area contributed by atoms with E-state index in [1.54, 1.807) is 0 Å². The van der Waals surface area contributed by atoms with Crippen LogP contribution in [0.1, 0.15) is 52.4 Å². The molecule has 2 saturated heterocycles. The van der Waals surface area contributed by atoms with Crippen LogP contribution in [-0.4, -0.2) is 74.1 Å². The van der Waals surface area contributed by atoms with Gasteiger partial charge < -0.3 is 19.9 Å². The maximum atomic E-state index is 11.9. The topological polar surface area (TPSA) is 57.2 Å². The summed E-state index contributed by atoms with van der Waals surface area (Å²) in [5, 5.41) is 3.41. The highest BCUT2D eigenvalue weighted by molar-refractivity contribution is 5.80. The minimum absolute atomic E-state index is 0.0368. The number of esters is 1. The molecule has 2 heterocycles. The summed E-state index contributed by atoms with van der Waals surface area (Å²) < 4.78 is 5.16. The van der Waals surface area contributed by atoms with Crippen molar-refractivity contribution in [3.05, 3.63) is 0 Å². The van der Waals surface area contributed by atoms with E-state index in [2.05, 4.69) is 22.0 Å². The maximum absolute atomic E-state index is 11.9. The second-order valence-electron chi connectivity index (χ2n) is 7.00. The van der Waals surface area contributed by atoms with Gasteiger partial charge in [-0.2, -0.15) is 0 Å². The fourth-order valence-corrected chi connectivity index (χ4v) is 3.67. The molecule has 0 amide bonds. The van der Waals surface area contributed by atoms with Crippen molar-refractivity contribution in [1.29, 1.82) is 0 Å². The quantitative estimate of drug-likeness (QED) is 0.451. The highest BCUT2D eigenvalue weighted by atomic mass is 16.5. The Hall–Kier alpha value is -1.30. The lowest BCUT2D eigenvalue weighted by atomic mass is 9.97. The molecule has 2 fully saturated rings. The van der Waals surface area contributed by atoms with Gasteiger partial charge in [-0.15, -0.1) is 0 Å². The molecule has 2 aliphatic heterocycles. The number of ether oxygens (including phenoxy) is 1. The Morgan fingerprint density at radius 2 is 1.76 bits per heavy atom. The first-order valence-electron chi connectivity index (χ1n) is 10.2. The molecule has 0 aromatic rings. The van der Waals surface area contributed by atoms with Crippen molar-refractivity contribution in [3.8, 4) is 0 Å². The molecule has 0 saturated carbocycles. The van der Waals surface area contributed by atoms with E-state index in [0.717, 1.165) is 51.5 Å². The van der Waals surface area contributed by atoms with Gasteiger partial charge in [0.2, 0.25) is 0 Å². The zero-order valence-corrected chi connectivity index (χ0v) is 16.1. The summed E-state index contributed by atoms with van der Waals surface area (Å²) in [6, 6.07) is 0. The Bertz CT molecular complexity index is 412. The minimum atomic E-state index is -0.0368. The third kappa shape index (κ3) is 6.84. The van der Waals surface area contributed by atoms with Gasteiger partial charge in [0.1, 0.15) is 0 Å². The van der Waals surface area contributed by atoms with Gasteiger partial charge in [0.15, 0.2) is 5.96 Å². The number of nitrogens with one attached hydrogen (secondary N) is 1. The van der Waals surface area contributed by atoms with Crippen LogP contribution < -0.4 is 5.32 Å². The third-order valence-corrected chi connectivity index (χ3v) is 5.13. The highest BCUT2D eigenvalue weighted by Crippen LogP contribution is 2.18. The molecule has 6 heteroatoms. The van der Waals surface area contributed by atoms with Crippen LogP contribution in [-0.2, 0) is 9.53 Å². The summed E-state index contributed by atoms with van der Waals surface area (Å²) in [7, 11) is 0. The molecular weight excluding hydrogens is 316 g/mol. The summed E-state index contributed by atoms with van der Waals surface area (Å²) in [4.78, 5) is 21.6. The summed E-state index contributed by atoms with van der Waals surface area (Å²) >= 11 is 0. The molecule has 25 heavy (non-hydrogen) atoms. The fourth-order valence-electron chi connectivity index (χ4n) is 3.67. The number of hydrogen-bond acceptors (Lipinski definition) is 4. The monoisotopic (exact) mass is 352 g/mol. The van der Waals surface area contributed by atoms with Crippen LogP contribution in [0.25, 0.3) is 0 Å². The zero-order valence-electron chi connectivity index (χ0n) is 16.1. The molecule has 0 unspecified atom stereocenters. The Balaban J connectivity index is 1.80. The van der Waals surface area contributed by atoms with E-state index in [4.69, 9.17) is 9.73 Å². The van der Waals surface area contributed by atoms with Gasteiger partial charge in [-0.3, -0.25) is 9.79 Å². The summed E-state index contributed by atoms with van der Waals surface area (Å²) in [5.74, 6) is 1.01. The van der Waals surface area contributed by atoms with Gasteiger partial charge in [0, 0.05) is 26.2 Å². The number of carbonyl (C=O) groups excluding carboxylic acids is 1. The first kappa shape index (κ1) is 20.0. The average molecular weight is 353 g/mol. The number of rotatable bonds is 6. The summed E-state index contributed by atoms with van der Waals surface area (Å²) in [6.07, 6.45) is 7.11. The van der Waals surface area contributed by atoms with Crippen molar-refractivity contribution in [2.45, 2.75) is 52.4 Å². The Morgan fingerprint density at radius 1 is 1.08 bits per heavy atom. The lowest BCUT2D eigenvalue weighted by Crippen LogP contribution is -2.47. The molecule has 6 nitrogen and oxygen atoms in total. The van der Waals surface area contributed by atoms with Crippen molar-refractivity contribution in [2.75, 3.05) is 52.4 Å². The van der Waals surface area contributed by atoms with Crippen LogP contribution in [0.15, 0.2) is 4.99 Å². The van der Waals surface area contributed by atoms with Crippen molar-refractivity contribution in [2.24, 2.45) is 10.9 Å². The first-order chi connectivity index (χ1) is 12.2. The Kier molecular flexibility index (Phi) is 9.08. The van der Waals surface area contributed by atoms with Gasteiger partial charge in [0.05, 0.1) is 19.1 Å². The third-order valence-electron chi connectivity index (χ3n) is 5.13. The molecule has 0 aromatic carbocycles. The van der Waals surface area contributed by atoms with E-state index >= 15 is 0 Å². The average Bonchev–Trinajstić information content (AvgIpc) is 2.90. The lowest BCUT2D eigenvalue weighted by molar-refractivity contribution is -0.149. The van der Waals surface area contributed by atoms with E-state index in [1.807, 2.05) is 6.92 Å². The number of nitrogens with zero attached hydrogens (tertiary/aromatic N) is 3. The largest absolute Gasteiger partial charge is 0.466 e. The molecule has 0 radical (unpaired) electrons. The molecule has 0 atom stereocenters. The molecule has 144 valence electrons. The molecule has 0 aliphatic carbocycles. The standard InChI is InChI=1S/C19H36N4O2/c1-3-20-19(21-11-16-22-12-7-5-6-8-13-22)23-14-9-17(10-15-23)18(24)25-4-2/h17H,3-16H2,1-2H3,(H,20,21). The van der Waals surface area contributed by atoms with Crippen molar-refractivity contribution in [1.82, 2.24) is 15.1 Å². The molecule has 0 bridgehead atoms. The molecule has 1 N–H and O–H groups in total. The number of hydrogen-bond donors (Lipinski definition) is 1. The SMILES string of the molecule is CCNC(=NCCN1CCCCCC1)N1CCC(C(=O)OCC)CC1. The van der Waals surface area contributed by atoms with Crippen LogP contribution in [0, 0.1) is 5.92 Å². The van der Waals surface area contributed by atoms with Gasteiger partial charge >= 0.3 is 5.97 Å². The molecule has 2 rings (SSSR count). The van der Waals surface area contributed by atoms with Crippen LogP contribution in [0.3, 0.4) is 0 Å². The first-order valence-corrected chi connectivity index (χ1v) is 10.2. The Morgan fingerprint density at radius 3 is 2.36 bits per heavy atom. The number of carbonyl (C=O) groups is 1. The van der Waals surface area contributed by atoms with Gasteiger partial charge in [-0.1, -0.05) is 12.8 Å².